The number of benzene rings is 2. The van der Waals surface area contributed by atoms with Gasteiger partial charge in [0.1, 0.15) is 12.4 Å². The predicted octanol–water partition coefficient (Wildman–Crippen LogP) is 4.04. The van der Waals surface area contributed by atoms with Crippen molar-refractivity contribution in [2.75, 3.05) is 13.2 Å². The van der Waals surface area contributed by atoms with E-state index in [1.807, 2.05) is 31.2 Å². The summed E-state index contributed by atoms with van der Waals surface area (Å²) >= 11 is 11.8. The SMILES string of the molecule is Cc1ccc(OCCNC(=O)Cc2ccc(Cl)cc2)cc1Cl. The van der Waals surface area contributed by atoms with Gasteiger partial charge < -0.3 is 10.1 Å². The highest BCUT2D eigenvalue weighted by Gasteiger charge is 2.03. The minimum Gasteiger partial charge on any atom is -0.492 e. The summed E-state index contributed by atoms with van der Waals surface area (Å²) in [4.78, 5) is 11.8. The van der Waals surface area contributed by atoms with Gasteiger partial charge in [0.05, 0.1) is 13.0 Å². The van der Waals surface area contributed by atoms with Crippen LogP contribution in [0.2, 0.25) is 10.0 Å². The maximum atomic E-state index is 11.8. The number of amides is 1. The second kappa shape index (κ2) is 8.06. The van der Waals surface area contributed by atoms with Crippen LogP contribution in [0.3, 0.4) is 0 Å². The molecule has 0 aliphatic carbocycles. The number of nitrogens with one attached hydrogen (secondary N) is 1. The molecule has 0 spiro atoms. The van der Waals surface area contributed by atoms with Crippen LogP contribution in [-0.4, -0.2) is 19.1 Å². The fourth-order valence-corrected chi connectivity index (χ4v) is 2.17. The Kier molecular flexibility index (Phi) is 6.10. The van der Waals surface area contributed by atoms with Gasteiger partial charge in [0.2, 0.25) is 5.91 Å². The minimum absolute atomic E-state index is 0.0483. The normalized spacial score (nSPS) is 10.3. The average Bonchev–Trinajstić information content (AvgIpc) is 2.49. The molecular formula is C17H17Cl2NO2. The molecule has 2 rings (SSSR count). The molecule has 3 nitrogen and oxygen atoms in total. The average molecular weight is 338 g/mol. The van der Waals surface area contributed by atoms with E-state index in [0.29, 0.717) is 35.4 Å². The van der Waals surface area contributed by atoms with Crippen LogP contribution in [0.5, 0.6) is 5.75 Å². The van der Waals surface area contributed by atoms with Crippen LogP contribution in [0.1, 0.15) is 11.1 Å². The molecule has 2 aromatic carbocycles. The zero-order valence-electron chi connectivity index (χ0n) is 12.2. The van der Waals surface area contributed by atoms with Gasteiger partial charge in [-0.05, 0) is 42.3 Å². The van der Waals surface area contributed by atoms with Crippen LogP contribution in [0.4, 0.5) is 0 Å². The third kappa shape index (κ3) is 5.24. The Bertz CT molecular complexity index is 642. The number of ether oxygens (including phenoxy) is 1. The molecule has 0 aliphatic rings. The molecule has 22 heavy (non-hydrogen) atoms. The molecule has 0 aromatic heterocycles. The Morgan fingerprint density at radius 2 is 1.86 bits per heavy atom. The van der Waals surface area contributed by atoms with Gasteiger partial charge in [0, 0.05) is 10.0 Å². The van der Waals surface area contributed by atoms with Gasteiger partial charge in [-0.25, -0.2) is 0 Å². The number of hydrogen-bond acceptors (Lipinski definition) is 2. The molecule has 0 radical (unpaired) electrons. The first-order chi connectivity index (χ1) is 10.5. The summed E-state index contributed by atoms with van der Waals surface area (Å²) in [6.45, 7) is 2.77. The van der Waals surface area contributed by atoms with Crippen LogP contribution >= 0.6 is 23.2 Å². The summed E-state index contributed by atoms with van der Waals surface area (Å²) in [7, 11) is 0. The lowest BCUT2D eigenvalue weighted by molar-refractivity contribution is -0.120. The number of carbonyl (C=O) groups is 1. The summed E-state index contributed by atoms with van der Waals surface area (Å²) in [5.74, 6) is 0.649. The van der Waals surface area contributed by atoms with Crippen molar-refractivity contribution >= 4 is 29.1 Å². The van der Waals surface area contributed by atoms with Crippen LogP contribution < -0.4 is 10.1 Å². The van der Waals surface area contributed by atoms with E-state index in [1.54, 1.807) is 18.2 Å². The monoisotopic (exact) mass is 337 g/mol. The molecule has 0 heterocycles. The summed E-state index contributed by atoms with van der Waals surface area (Å²) in [6, 6.07) is 12.8. The number of hydrogen-bond donors (Lipinski definition) is 1. The van der Waals surface area contributed by atoms with Crippen LogP contribution in [0, 0.1) is 6.92 Å². The van der Waals surface area contributed by atoms with E-state index in [-0.39, 0.29) is 5.91 Å². The molecule has 116 valence electrons. The maximum Gasteiger partial charge on any atom is 0.224 e. The zero-order chi connectivity index (χ0) is 15.9. The Labute approximate surface area is 140 Å². The number of rotatable bonds is 6. The fourth-order valence-electron chi connectivity index (χ4n) is 1.87. The van der Waals surface area contributed by atoms with Crippen molar-refractivity contribution in [3.8, 4) is 5.75 Å². The van der Waals surface area contributed by atoms with E-state index < -0.39 is 0 Å². The fraction of sp³-hybridized carbons (Fsp3) is 0.235. The van der Waals surface area contributed by atoms with Crippen molar-refractivity contribution in [3.05, 3.63) is 63.6 Å². The Balaban J connectivity index is 1.70. The number of halogens is 2. The van der Waals surface area contributed by atoms with Crippen molar-refractivity contribution in [3.63, 3.8) is 0 Å². The summed E-state index contributed by atoms with van der Waals surface area (Å²) in [5, 5.41) is 4.14. The van der Waals surface area contributed by atoms with Gasteiger partial charge in [-0.2, -0.15) is 0 Å². The molecule has 2 aromatic rings. The largest absolute Gasteiger partial charge is 0.492 e. The topological polar surface area (TPSA) is 38.3 Å². The highest BCUT2D eigenvalue weighted by atomic mass is 35.5. The summed E-state index contributed by atoms with van der Waals surface area (Å²) < 4.78 is 5.54. The predicted molar refractivity (Wildman–Crippen MR) is 89.8 cm³/mol. The first-order valence-electron chi connectivity index (χ1n) is 6.94. The first-order valence-corrected chi connectivity index (χ1v) is 7.70. The van der Waals surface area contributed by atoms with Gasteiger partial charge in [-0.3, -0.25) is 4.79 Å². The number of aryl methyl sites for hydroxylation is 1. The van der Waals surface area contributed by atoms with Crippen molar-refractivity contribution in [2.45, 2.75) is 13.3 Å². The third-order valence-corrected chi connectivity index (χ3v) is 3.77. The lowest BCUT2D eigenvalue weighted by Crippen LogP contribution is -2.29. The second-order valence-corrected chi connectivity index (χ2v) is 5.76. The van der Waals surface area contributed by atoms with E-state index in [0.717, 1.165) is 11.1 Å². The van der Waals surface area contributed by atoms with E-state index in [4.69, 9.17) is 27.9 Å². The smallest absolute Gasteiger partial charge is 0.224 e. The summed E-state index contributed by atoms with van der Waals surface area (Å²) in [5.41, 5.74) is 1.93. The lowest BCUT2D eigenvalue weighted by Gasteiger charge is -2.09. The molecule has 0 atom stereocenters. The first kappa shape index (κ1) is 16.7. The molecule has 0 aliphatic heterocycles. The van der Waals surface area contributed by atoms with Crippen molar-refractivity contribution in [1.82, 2.24) is 5.32 Å². The van der Waals surface area contributed by atoms with Gasteiger partial charge in [-0.1, -0.05) is 41.4 Å². The molecule has 1 amide bonds. The highest BCUT2D eigenvalue weighted by molar-refractivity contribution is 6.31. The standard InChI is InChI=1S/C17H17Cl2NO2/c1-12-2-7-15(11-16(12)19)22-9-8-20-17(21)10-13-3-5-14(18)6-4-13/h2-7,11H,8-10H2,1H3,(H,20,21). The van der Waals surface area contributed by atoms with Crippen molar-refractivity contribution in [1.29, 1.82) is 0 Å². The Hall–Kier alpha value is -1.71. The van der Waals surface area contributed by atoms with E-state index in [1.165, 1.54) is 0 Å². The molecule has 5 heteroatoms. The molecule has 0 fully saturated rings. The van der Waals surface area contributed by atoms with E-state index >= 15 is 0 Å². The molecule has 0 saturated carbocycles. The van der Waals surface area contributed by atoms with Crippen molar-refractivity contribution in [2.24, 2.45) is 0 Å². The van der Waals surface area contributed by atoms with Gasteiger partial charge in [-0.15, -0.1) is 0 Å². The number of carbonyl (C=O) groups excluding carboxylic acids is 1. The second-order valence-electron chi connectivity index (χ2n) is 4.91. The van der Waals surface area contributed by atoms with Crippen molar-refractivity contribution < 1.29 is 9.53 Å². The zero-order valence-corrected chi connectivity index (χ0v) is 13.7. The highest BCUT2D eigenvalue weighted by Crippen LogP contribution is 2.21. The van der Waals surface area contributed by atoms with E-state index in [2.05, 4.69) is 5.32 Å². The van der Waals surface area contributed by atoms with Crippen LogP contribution in [0.15, 0.2) is 42.5 Å². The molecule has 0 saturated heterocycles. The van der Waals surface area contributed by atoms with Gasteiger partial charge in [0.25, 0.3) is 0 Å². The molecular weight excluding hydrogens is 321 g/mol. The minimum atomic E-state index is -0.0483. The molecule has 1 N–H and O–H groups in total. The lowest BCUT2D eigenvalue weighted by atomic mass is 10.1. The van der Waals surface area contributed by atoms with Gasteiger partial charge in [0.15, 0.2) is 0 Å². The Morgan fingerprint density at radius 1 is 1.14 bits per heavy atom. The van der Waals surface area contributed by atoms with Crippen LogP contribution in [-0.2, 0) is 11.2 Å². The van der Waals surface area contributed by atoms with E-state index in [9.17, 15) is 4.79 Å². The molecule has 0 bridgehead atoms. The van der Waals surface area contributed by atoms with Gasteiger partial charge >= 0.3 is 0 Å². The maximum absolute atomic E-state index is 11.8. The quantitative estimate of drug-likeness (QED) is 0.808. The summed E-state index contributed by atoms with van der Waals surface area (Å²) in [6.07, 6.45) is 0.327. The van der Waals surface area contributed by atoms with Crippen LogP contribution in [0.25, 0.3) is 0 Å². The third-order valence-electron chi connectivity index (χ3n) is 3.11. The molecule has 0 unspecified atom stereocenters. The Morgan fingerprint density at radius 3 is 2.55 bits per heavy atom.